The van der Waals surface area contributed by atoms with Gasteiger partial charge in [0, 0.05) is 32.0 Å². The molecule has 4 heterocycles. The van der Waals surface area contributed by atoms with E-state index in [0.29, 0.717) is 25.5 Å². The SMILES string of the molecule is O=C(c1nnc2n1CCCCC2)N1CC2c3ccccc3OCC2(CO)C1. The smallest absolute Gasteiger partial charge is 0.291 e. The molecule has 2 aromatic rings. The zero-order valence-corrected chi connectivity index (χ0v) is 15.3. The van der Waals surface area contributed by atoms with Gasteiger partial charge in [-0.2, -0.15) is 0 Å². The van der Waals surface area contributed by atoms with Crippen LogP contribution in [0.3, 0.4) is 0 Å². The first kappa shape index (κ1) is 16.7. The molecule has 142 valence electrons. The minimum Gasteiger partial charge on any atom is -0.493 e. The number of aromatic nitrogens is 3. The Balaban J connectivity index is 1.46. The Morgan fingerprint density at radius 1 is 1.26 bits per heavy atom. The molecule has 5 rings (SSSR count). The first-order chi connectivity index (χ1) is 13.2. The number of hydrogen-bond donors (Lipinski definition) is 1. The summed E-state index contributed by atoms with van der Waals surface area (Å²) in [5.41, 5.74) is 0.624. The highest BCUT2D eigenvalue weighted by molar-refractivity contribution is 5.91. The zero-order chi connectivity index (χ0) is 18.4. The molecule has 0 spiro atoms. The number of rotatable bonds is 2. The van der Waals surface area contributed by atoms with E-state index < -0.39 is 5.41 Å². The molecule has 1 fully saturated rings. The van der Waals surface area contributed by atoms with Crippen LogP contribution in [0.5, 0.6) is 5.75 Å². The number of carbonyl (C=O) groups is 1. The quantitative estimate of drug-likeness (QED) is 0.871. The van der Waals surface area contributed by atoms with Crippen molar-refractivity contribution in [2.45, 2.75) is 38.1 Å². The predicted octanol–water partition coefficient (Wildman–Crippen LogP) is 1.62. The Hall–Kier alpha value is -2.41. The van der Waals surface area contributed by atoms with Crippen molar-refractivity contribution in [3.05, 3.63) is 41.5 Å². The second-order valence-corrected chi connectivity index (χ2v) is 7.99. The van der Waals surface area contributed by atoms with Gasteiger partial charge in [-0.25, -0.2) is 0 Å². The normalized spacial score (nSPS) is 26.6. The fraction of sp³-hybridized carbons (Fsp3) is 0.550. The lowest BCUT2D eigenvalue weighted by Crippen LogP contribution is -2.42. The highest BCUT2D eigenvalue weighted by Gasteiger charge is 2.52. The lowest BCUT2D eigenvalue weighted by molar-refractivity contribution is 0.0437. The second kappa shape index (κ2) is 6.34. The number of likely N-dealkylation sites (tertiary alicyclic amines) is 1. The van der Waals surface area contributed by atoms with E-state index in [1.807, 2.05) is 33.7 Å². The molecule has 1 aromatic carbocycles. The summed E-state index contributed by atoms with van der Waals surface area (Å²) in [7, 11) is 0. The van der Waals surface area contributed by atoms with Crippen molar-refractivity contribution in [2.24, 2.45) is 5.41 Å². The largest absolute Gasteiger partial charge is 0.493 e. The monoisotopic (exact) mass is 368 g/mol. The number of amides is 1. The number of aliphatic hydroxyl groups excluding tert-OH is 1. The first-order valence-corrected chi connectivity index (χ1v) is 9.76. The van der Waals surface area contributed by atoms with E-state index in [-0.39, 0.29) is 18.4 Å². The Labute approximate surface area is 158 Å². The summed E-state index contributed by atoms with van der Waals surface area (Å²) in [5, 5.41) is 18.7. The lowest BCUT2D eigenvalue weighted by Gasteiger charge is -2.37. The Bertz CT molecular complexity index is 880. The summed E-state index contributed by atoms with van der Waals surface area (Å²) in [6, 6.07) is 7.94. The van der Waals surface area contributed by atoms with Gasteiger partial charge in [0.25, 0.3) is 5.91 Å². The van der Waals surface area contributed by atoms with Crippen LogP contribution in [0, 0.1) is 5.41 Å². The van der Waals surface area contributed by atoms with Gasteiger partial charge in [-0.1, -0.05) is 24.6 Å². The summed E-state index contributed by atoms with van der Waals surface area (Å²) in [6.07, 6.45) is 4.19. The molecule has 1 aromatic heterocycles. The topological polar surface area (TPSA) is 80.5 Å². The third-order valence-electron chi connectivity index (χ3n) is 6.36. The third-order valence-corrected chi connectivity index (χ3v) is 6.36. The molecular formula is C20H24N4O3. The van der Waals surface area contributed by atoms with Gasteiger partial charge in [0.15, 0.2) is 0 Å². The van der Waals surface area contributed by atoms with Gasteiger partial charge in [-0.05, 0) is 24.5 Å². The van der Waals surface area contributed by atoms with Crippen molar-refractivity contribution in [1.29, 1.82) is 0 Å². The lowest BCUT2D eigenvalue weighted by atomic mass is 9.74. The van der Waals surface area contributed by atoms with Gasteiger partial charge < -0.3 is 19.3 Å². The van der Waals surface area contributed by atoms with Crippen LogP contribution in [-0.4, -0.2) is 57.0 Å². The van der Waals surface area contributed by atoms with Gasteiger partial charge in [0.2, 0.25) is 5.82 Å². The van der Waals surface area contributed by atoms with E-state index in [1.165, 1.54) is 0 Å². The van der Waals surface area contributed by atoms with E-state index >= 15 is 0 Å². The number of para-hydroxylation sites is 1. The summed E-state index contributed by atoms with van der Waals surface area (Å²) in [4.78, 5) is 15.1. The number of aryl methyl sites for hydroxylation is 1. The van der Waals surface area contributed by atoms with Gasteiger partial charge in [-0.3, -0.25) is 4.79 Å². The number of aliphatic hydroxyl groups is 1. The molecule has 0 saturated carbocycles. The minimum absolute atomic E-state index is 0.00623. The molecule has 27 heavy (non-hydrogen) atoms. The molecule has 1 N–H and O–H groups in total. The van der Waals surface area contributed by atoms with E-state index in [4.69, 9.17) is 4.74 Å². The van der Waals surface area contributed by atoms with Gasteiger partial charge in [0.05, 0.1) is 18.6 Å². The highest BCUT2D eigenvalue weighted by atomic mass is 16.5. The Kier molecular flexibility index (Phi) is 3.93. The van der Waals surface area contributed by atoms with E-state index in [9.17, 15) is 9.90 Å². The van der Waals surface area contributed by atoms with E-state index in [0.717, 1.165) is 49.4 Å². The van der Waals surface area contributed by atoms with Crippen LogP contribution in [0.25, 0.3) is 0 Å². The maximum absolute atomic E-state index is 13.3. The third kappa shape index (κ3) is 2.56. The fourth-order valence-corrected chi connectivity index (χ4v) is 4.81. The predicted molar refractivity (Wildman–Crippen MR) is 97.7 cm³/mol. The Morgan fingerprint density at radius 3 is 3.04 bits per heavy atom. The van der Waals surface area contributed by atoms with Crippen LogP contribution in [0.4, 0.5) is 0 Å². The summed E-state index contributed by atoms with van der Waals surface area (Å²) in [5.74, 6) is 2.20. The number of nitrogens with zero attached hydrogens (tertiary/aromatic N) is 4. The van der Waals surface area contributed by atoms with E-state index in [2.05, 4.69) is 10.2 Å². The standard InChI is InChI=1S/C20H24N4O3/c25-12-20-11-23(10-15(20)14-6-3-4-7-16(14)27-13-20)19(26)18-22-21-17-8-2-1-5-9-24(17)18/h3-4,6-7,15,25H,1-2,5,8-13H2. The van der Waals surface area contributed by atoms with Crippen LogP contribution < -0.4 is 4.74 Å². The minimum atomic E-state index is -0.453. The van der Waals surface area contributed by atoms with Crippen LogP contribution in [-0.2, 0) is 13.0 Å². The van der Waals surface area contributed by atoms with Gasteiger partial charge >= 0.3 is 0 Å². The van der Waals surface area contributed by atoms with Crippen molar-refractivity contribution < 1.29 is 14.6 Å². The first-order valence-electron chi connectivity index (χ1n) is 9.76. The molecular weight excluding hydrogens is 344 g/mol. The molecule has 2 unspecified atom stereocenters. The highest BCUT2D eigenvalue weighted by Crippen LogP contribution is 2.49. The second-order valence-electron chi connectivity index (χ2n) is 7.99. The molecule has 3 aliphatic heterocycles. The molecule has 0 radical (unpaired) electrons. The molecule has 2 atom stereocenters. The van der Waals surface area contributed by atoms with E-state index in [1.54, 1.807) is 0 Å². The number of benzene rings is 1. The molecule has 0 aliphatic carbocycles. The number of carbonyl (C=O) groups excluding carboxylic acids is 1. The number of fused-ring (bicyclic) bond motifs is 4. The average molecular weight is 368 g/mol. The summed E-state index contributed by atoms with van der Waals surface area (Å²) >= 11 is 0. The number of ether oxygens (including phenoxy) is 1. The van der Waals surface area contributed by atoms with Crippen molar-refractivity contribution in [3.63, 3.8) is 0 Å². The molecule has 7 heteroatoms. The van der Waals surface area contributed by atoms with Crippen molar-refractivity contribution in [2.75, 3.05) is 26.3 Å². The Morgan fingerprint density at radius 2 is 2.15 bits per heavy atom. The van der Waals surface area contributed by atoms with Crippen LogP contribution in [0.1, 0.15) is 47.2 Å². The van der Waals surface area contributed by atoms with Crippen molar-refractivity contribution in [1.82, 2.24) is 19.7 Å². The fourth-order valence-electron chi connectivity index (χ4n) is 4.81. The molecule has 1 amide bonds. The molecule has 0 bridgehead atoms. The van der Waals surface area contributed by atoms with Crippen LogP contribution in [0.2, 0.25) is 0 Å². The van der Waals surface area contributed by atoms with Crippen LogP contribution >= 0.6 is 0 Å². The molecule has 7 nitrogen and oxygen atoms in total. The maximum atomic E-state index is 13.3. The zero-order valence-electron chi connectivity index (χ0n) is 15.3. The van der Waals surface area contributed by atoms with Crippen molar-refractivity contribution in [3.8, 4) is 5.75 Å². The molecule has 1 saturated heterocycles. The average Bonchev–Trinajstić information content (AvgIpc) is 3.22. The van der Waals surface area contributed by atoms with Gasteiger partial charge in [-0.15, -0.1) is 10.2 Å². The maximum Gasteiger partial charge on any atom is 0.291 e. The van der Waals surface area contributed by atoms with Crippen molar-refractivity contribution >= 4 is 5.91 Å². The van der Waals surface area contributed by atoms with Crippen LogP contribution in [0.15, 0.2) is 24.3 Å². The van der Waals surface area contributed by atoms with Gasteiger partial charge in [0.1, 0.15) is 11.6 Å². The summed E-state index contributed by atoms with van der Waals surface area (Å²) < 4.78 is 7.92. The molecule has 3 aliphatic rings. The number of hydrogen-bond acceptors (Lipinski definition) is 5. The summed E-state index contributed by atoms with van der Waals surface area (Å²) in [6.45, 7) is 2.27.